The number of nitrogens with one attached hydrogen (secondary N) is 1. The van der Waals surface area contributed by atoms with Crippen LogP contribution in [0.4, 0.5) is 0 Å². The number of halogens is 1. The number of rotatable bonds is 5. The quantitative estimate of drug-likeness (QED) is 0.872. The molecular formula is C14H18BrNO3. The zero-order chi connectivity index (χ0) is 13.7. The third kappa shape index (κ3) is 4.51. The first-order valence-corrected chi connectivity index (χ1v) is 7.24. The van der Waals surface area contributed by atoms with Crippen molar-refractivity contribution in [1.82, 2.24) is 5.32 Å². The van der Waals surface area contributed by atoms with Gasteiger partial charge in [0.2, 0.25) is 0 Å². The highest BCUT2D eigenvalue weighted by molar-refractivity contribution is 9.10. The fraction of sp³-hybridized carbons (Fsp3) is 0.500. The van der Waals surface area contributed by atoms with E-state index < -0.39 is 5.60 Å². The minimum atomic E-state index is -0.717. The van der Waals surface area contributed by atoms with Gasteiger partial charge < -0.3 is 15.2 Å². The summed E-state index contributed by atoms with van der Waals surface area (Å²) in [5.74, 6) is 0.435. The van der Waals surface area contributed by atoms with E-state index in [4.69, 9.17) is 4.74 Å². The van der Waals surface area contributed by atoms with Crippen molar-refractivity contribution in [2.75, 3.05) is 13.2 Å². The van der Waals surface area contributed by atoms with Crippen LogP contribution in [0, 0.1) is 0 Å². The van der Waals surface area contributed by atoms with E-state index in [1.54, 1.807) is 12.1 Å². The average Bonchev–Trinajstić information content (AvgIpc) is 2.82. The molecule has 19 heavy (non-hydrogen) atoms. The Morgan fingerprint density at radius 3 is 2.84 bits per heavy atom. The second kappa shape index (κ2) is 6.39. The second-order valence-electron chi connectivity index (χ2n) is 4.95. The molecule has 0 bridgehead atoms. The maximum Gasteiger partial charge on any atom is 0.258 e. The number of aliphatic hydroxyl groups is 1. The molecule has 0 unspecified atom stereocenters. The Morgan fingerprint density at radius 1 is 1.42 bits per heavy atom. The van der Waals surface area contributed by atoms with Crippen LogP contribution in [0.25, 0.3) is 0 Å². The predicted molar refractivity (Wildman–Crippen MR) is 76.1 cm³/mol. The lowest BCUT2D eigenvalue weighted by atomic mass is 10.0. The summed E-state index contributed by atoms with van der Waals surface area (Å²) in [6, 6.07) is 7.33. The molecular weight excluding hydrogens is 310 g/mol. The van der Waals surface area contributed by atoms with Gasteiger partial charge in [-0.15, -0.1) is 0 Å². The van der Waals surface area contributed by atoms with Gasteiger partial charge in [0.05, 0.1) is 5.60 Å². The molecule has 0 saturated heterocycles. The molecule has 1 fully saturated rings. The SMILES string of the molecule is O=C(COc1cccc(Br)c1)NCC1(O)CCCC1. The molecule has 0 heterocycles. The molecule has 0 aliphatic heterocycles. The van der Waals surface area contributed by atoms with Gasteiger partial charge in [-0.1, -0.05) is 34.8 Å². The summed E-state index contributed by atoms with van der Waals surface area (Å²) in [4.78, 5) is 11.6. The normalized spacial score (nSPS) is 17.2. The van der Waals surface area contributed by atoms with Gasteiger partial charge in [0.15, 0.2) is 6.61 Å². The molecule has 2 N–H and O–H groups in total. The third-order valence-electron chi connectivity index (χ3n) is 3.31. The predicted octanol–water partition coefficient (Wildman–Crippen LogP) is 2.25. The van der Waals surface area contributed by atoms with Crippen molar-refractivity contribution in [3.05, 3.63) is 28.7 Å². The fourth-order valence-corrected chi connectivity index (χ4v) is 2.61. The number of carbonyl (C=O) groups is 1. The molecule has 0 atom stereocenters. The van der Waals surface area contributed by atoms with Gasteiger partial charge in [-0.2, -0.15) is 0 Å². The monoisotopic (exact) mass is 327 g/mol. The standard InChI is InChI=1S/C14H18BrNO3/c15-11-4-3-5-12(8-11)19-9-13(17)16-10-14(18)6-1-2-7-14/h3-5,8,18H,1-2,6-7,9-10H2,(H,16,17). The van der Waals surface area contributed by atoms with E-state index in [0.29, 0.717) is 12.3 Å². The first kappa shape index (κ1) is 14.3. The Kier molecular flexibility index (Phi) is 4.82. The van der Waals surface area contributed by atoms with Gasteiger partial charge in [0, 0.05) is 11.0 Å². The number of ether oxygens (including phenoxy) is 1. The molecule has 1 aliphatic rings. The summed E-state index contributed by atoms with van der Waals surface area (Å²) in [7, 11) is 0. The highest BCUT2D eigenvalue weighted by atomic mass is 79.9. The zero-order valence-corrected chi connectivity index (χ0v) is 12.3. The first-order chi connectivity index (χ1) is 9.07. The lowest BCUT2D eigenvalue weighted by Gasteiger charge is -2.22. The highest BCUT2D eigenvalue weighted by Gasteiger charge is 2.31. The molecule has 0 radical (unpaired) electrons. The van der Waals surface area contributed by atoms with Crippen molar-refractivity contribution in [3.63, 3.8) is 0 Å². The molecule has 104 valence electrons. The first-order valence-electron chi connectivity index (χ1n) is 6.45. The van der Waals surface area contributed by atoms with E-state index in [-0.39, 0.29) is 12.5 Å². The van der Waals surface area contributed by atoms with Gasteiger partial charge in [-0.3, -0.25) is 4.79 Å². The van der Waals surface area contributed by atoms with Crippen LogP contribution in [0.1, 0.15) is 25.7 Å². The van der Waals surface area contributed by atoms with Crippen LogP contribution < -0.4 is 10.1 Å². The number of carbonyl (C=O) groups excluding carboxylic acids is 1. The molecule has 0 aromatic heterocycles. The van der Waals surface area contributed by atoms with Gasteiger partial charge >= 0.3 is 0 Å². The van der Waals surface area contributed by atoms with E-state index in [0.717, 1.165) is 30.2 Å². The van der Waals surface area contributed by atoms with Crippen LogP contribution in [0.2, 0.25) is 0 Å². The van der Waals surface area contributed by atoms with Crippen molar-refractivity contribution in [1.29, 1.82) is 0 Å². The molecule has 1 amide bonds. The van der Waals surface area contributed by atoms with Crippen LogP contribution >= 0.6 is 15.9 Å². The number of benzene rings is 1. The topological polar surface area (TPSA) is 58.6 Å². The molecule has 0 spiro atoms. The van der Waals surface area contributed by atoms with Crippen LogP contribution in [-0.4, -0.2) is 29.8 Å². The second-order valence-corrected chi connectivity index (χ2v) is 5.87. The lowest BCUT2D eigenvalue weighted by molar-refractivity contribution is -0.124. The van der Waals surface area contributed by atoms with Gasteiger partial charge in [-0.25, -0.2) is 0 Å². The molecule has 4 nitrogen and oxygen atoms in total. The summed E-state index contributed by atoms with van der Waals surface area (Å²) in [5, 5.41) is 12.8. The van der Waals surface area contributed by atoms with Crippen molar-refractivity contribution < 1.29 is 14.6 Å². The maximum atomic E-state index is 11.6. The summed E-state index contributed by atoms with van der Waals surface area (Å²) in [6.45, 7) is 0.278. The Hall–Kier alpha value is -1.07. The zero-order valence-electron chi connectivity index (χ0n) is 10.7. The van der Waals surface area contributed by atoms with E-state index in [1.807, 2.05) is 12.1 Å². The van der Waals surface area contributed by atoms with E-state index in [1.165, 1.54) is 0 Å². The number of hydrogen-bond donors (Lipinski definition) is 2. The molecule has 1 aliphatic carbocycles. The number of hydrogen-bond acceptors (Lipinski definition) is 3. The lowest BCUT2D eigenvalue weighted by Crippen LogP contribution is -2.42. The summed E-state index contributed by atoms with van der Waals surface area (Å²) in [5.41, 5.74) is -0.717. The summed E-state index contributed by atoms with van der Waals surface area (Å²) in [6.07, 6.45) is 3.58. The van der Waals surface area contributed by atoms with Crippen molar-refractivity contribution in [2.24, 2.45) is 0 Å². The largest absolute Gasteiger partial charge is 0.484 e. The molecule has 5 heteroatoms. The average molecular weight is 328 g/mol. The van der Waals surface area contributed by atoms with Crippen LogP contribution in [-0.2, 0) is 4.79 Å². The van der Waals surface area contributed by atoms with Gasteiger partial charge in [0.1, 0.15) is 5.75 Å². The van der Waals surface area contributed by atoms with Gasteiger partial charge in [0.25, 0.3) is 5.91 Å². The maximum absolute atomic E-state index is 11.6. The highest BCUT2D eigenvalue weighted by Crippen LogP contribution is 2.28. The van der Waals surface area contributed by atoms with Gasteiger partial charge in [-0.05, 0) is 31.0 Å². The fourth-order valence-electron chi connectivity index (χ4n) is 2.23. The smallest absolute Gasteiger partial charge is 0.258 e. The molecule has 1 aromatic rings. The summed E-state index contributed by atoms with van der Waals surface area (Å²) < 4.78 is 6.28. The van der Waals surface area contributed by atoms with Crippen molar-refractivity contribution >= 4 is 21.8 Å². The van der Waals surface area contributed by atoms with E-state index >= 15 is 0 Å². The third-order valence-corrected chi connectivity index (χ3v) is 3.81. The Balaban J connectivity index is 1.73. The molecule has 1 aromatic carbocycles. The van der Waals surface area contributed by atoms with E-state index in [9.17, 15) is 9.90 Å². The Bertz CT molecular complexity index is 444. The minimum absolute atomic E-state index is 0.0352. The van der Waals surface area contributed by atoms with Crippen LogP contribution in [0.3, 0.4) is 0 Å². The summed E-state index contributed by atoms with van der Waals surface area (Å²) >= 11 is 3.34. The molecule has 1 saturated carbocycles. The van der Waals surface area contributed by atoms with Crippen LogP contribution in [0.5, 0.6) is 5.75 Å². The van der Waals surface area contributed by atoms with Crippen molar-refractivity contribution in [3.8, 4) is 5.75 Å². The molecule has 2 rings (SSSR count). The van der Waals surface area contributed by atoms with Crippen molar-refractivity contribution in [2.45, 2.75) is 31.3 Å². The Morgan fingerprint density at radius 2 is 2.16 bits per heavy atom. The minimum Gasteiger partial charge on any atom is -0.484 e. The van der Waals surface area contributed by atoms with E-state index in [2.05, 4.69) is 21.2 Å². The van der Waals surface area contributed by atoms with Crippen LogP contribution in [0.15, 0.2) is 28.7 Å². The number of amides is 1. The Labute approximate surface area is 121 Å².